The highest BCUT2D eigenvalue weighted by Crippen LogP contribution is 2.78. The summed E-state index contributed by atoms with van der Waals surface area (Å²) < 4.78 is 0. The molecule has 0 spiro atoms. The molecule has 5 aliphatic carbocycles. The van der Waals surface area contributed by atoms with Crippen molar-refractivity contribution in [2.45, 2.75) is 132 Å². The quantitative estimate of drug-likeness (QED) is 0.412. The molecule has 0 bridgehead atoms. The number of fused-ring (bicyclic) bond motifs is 7. The Hall–Kier alpha value is -0.0400. The van der Waals surface area contributed by atoms with Crippen LogP contribution in [0, 0.1) is 56.2 Å². The number of rotatable bonds is 0. The third-order valence-corrected chi connectivity index (χ3v) is 13.9. The van der Waals surface area contributed by atoms with Gasteiger partial charge in [-0.25, -0.2) is 0 Å². The number of hydrogen-bond acceptors (Lipinski definition) is 1. The second kappa shape index (κ2) is 6.55. The van der Waals surface area contributed by atoms with E-state index in [0.717, 1.165) is 24.2 Å². The van der Waals surface area contributed by atoms with Gasteiger partial charge in [0.05, 0.1) is 6.10 Å². The predicted octanol–water partition coefficient (Wildman–Crippen LogP) is 8.25. The molecule has 1 N–H and O–H groups in total. The van der Waals surface area contributed by atoms with Crippen molar-refractivity contribution >= 4 is 0 Å². The molecule has 0 heterocycles. The molecule has 0 aromatic heterocycles. The number of aliphatic hydroxyl groups excluding tert-OH is 1. The third kappa shape index (κ3) is 2.65. The summed E-state index contributed by atoms with van der Waals surface area (Å²) >= 11 is 0. The average molecular weight is 429 g/mol. The largest absolute Gasteiger partial charge is 0.393 e. The molecular weight excluding hydrogens is 376 g/mol. The highest BCUT2D eigenvalue weighted by Gasteiger charge is 2.70. The van der Waals surface area contributed by atoms with Crippen LogP contribution in [-0.2, 0) is 0 Å². The van der Waals surface area contributed by atoms with Gasteiger partial charge in [0, 0.05) is 0 Å². The minimum Gasteiger partial charge on any atom is -0.393 e. The first kappa shape index (κ1) is 22.7. The fourth-order valence-corrected chi connectivity index (χ4v) is 12.2. The van der Waals surface area contributed by atoms with Crippen molar-refractivity contribution in [1.82, 2.24) is 0 Å². The molecule has 1 heteroatoms. The molecule has 0 aromatic rings. The lowest BCUT2D eigenvalue weighted by Gasteiger charge is -2.74. The first-order valence-electron chi connectivity index (χ1n) is 13.9. The molecule has 178 valence electrons. The first-order chi connectivity index (χ1) is 14.2. The summed E-state index contributed by atoms with van der Waals surface area (Å²) in [6, 6.07) is 0. The summed E-state index contributed by atoms with van der Waals surface area (Å²) in [5, 5.41) is 10.9. The normalized spacial score (nSPS) is 57.8. The zero-order chi connectivity index (χ0) is 22.7. The average Bonchev–Trinajstić information content (AvgIpc) is 2.65. The van der Waals surface area contributed by atoms with Crippen LogP contribution < -0.4 is 0 Å². The molecule has 5 aliphatic rings. The molecule has 0 amide bonds. The van der Waals surface area contributed by atoms with E-state index < -0.39 is 0 Å². The Bertz CT molecular complexity index is 737. The standard InChI is InChI=1S/C30H52O/c1-25(2)15-9-16-27(5)20(25)12-18-29(7)22(27)10-11-23-28(6)17-14-24(31)26(3,4)21(28)13-19-30(23,29)8/h20-24,31H,9-19H2,1-8H3/t20?,21-,22?,23+,24-,27-,28-,29+,30+/m0/s1. The summed E-state index contributed by atoms with van der Waals surface area (Å²) in [5.41, 5.74) is 2.51. The van der Waals surface area contributed by atoms with Gasteiger partial charge >= 0.3 is 0 Å². The minimum absolute atomic E-state index is 0.0725. The Morgan fingerprint density at radius 1 is 0.516 bits per heavy atom. The number of hydrogen-bond donors (Lipinski definition) is 1. The summed E-state index contributed by atoms with van der Waals surface area (Å²) in [6.07, 6.45) is 15.1. The molecule has 0 aliphatic heterocycles. The van der Waals surface area contributed by atoms with Crippen molar-refractivity contribution in [2.24, 2.45) is 56.2 Å². The van der Waals surface area contributed by atoms with Crippen molar-refractivity contribution < 1.29 is 5.11 Å². The Balaban J connectivity index is 1.54. The van der Waals surface area contributed by atoms with Gasteiger partial charge in [-0.1, -0.05) is 61.8 Å². The summed E-state index contributed by atoms with van der Waals surface area (Å²) in [7, 11) is 0. The van der Waals surface area contributed by atoms with E-state index >= 15 is 0 Å². The van der Waals surface area contributed by atoms with E-state index in [4.69, 9.17) is 0 Å². The van der Waals surface area contributed by atoms with E-state index in [9.17, 15) is 5.11 Å². The van der Waals surface area contributed by atoms with E-state index in [-0.39, 0.29) is 11.5 Å². The Morgan fingerprint density at radius 2 is 1.03 bits per heavy atom. The zero-order valence-electron chi connectivity index (χ0n) is 22.1. The lowest BCUT2D eigenvalue weighted by Crippen LogP contribution is -2.68. The second-order valence-corrected chi connectivity index (χ2v) is 15.4. The molecule has 5 fully saturated rings. The van der Waals surface area contributed by atoms with Gasteiger partial charge in [-0.15, -0.1) is 0 Å². The third-order valence-electron chi connectivity index (χ3n) is 13.9. The van der Waals surface area contributed by atoms with E-state index in [1.54, 1.807) is 0 Å². The molecule has 1 nitrogen and oxygen atoms in total. The van der Waals surface area contributed by atoms with Gasteiger partial charge in [0.25, 0.3) is 0 Å². The van der Waals surface area contributed by atoms with Crippen LogP contribution >= 0.6 is 0 Å². The lowest BCUT2D eigenvalue weighted by atomic mass is 9.30. The van der Waals surface area contributed by atoms with E-state index in [1.165, 1.54) is 64.2 Å². The van der Waals surface area contributed by atoms with Crippen molar-refractivity contribution in [2.75, 3.05) is 0 Å². The smallest absolute Gasteiger partial charge is 0.0594 e. The van der Waals surface area contributed by atoms with Gasteiger partial charge in [-0.2, -0.15) is 0 Å². The fourth-order valence-electron chi connectivity index (χ4n) is 12.2. The molecule has 9 atom stereocenters. The summed E-state index contributed by atoms with van der Waals surface area (Å²) in [4.78, 5) is 0. The molecule has 5 saturated carbocycles. The first-order valence-corrected chi connectivity index (χ1v) is 13.9. The van der Waals surface area contributed by atoms with Gasteiger partial charge < -0.3 is 5.11 Å². The van der Waals surface area contributed by atoms with Crippen molar-refractivity contribution in [3.63, 3.8) is 0 Å². The second-order valence-electron chi connectivity index (χ2n) is 15.4. The van der Waals surface area contributed by atoms with E-state index in [0.29, 0.717) is 33.0 Å². The molecule has 31 heavy (non-hydrogen) atoms. The minimum atomic E-state index is -0.110. The lowest BCUT2D eigenvalue weighted by molar-refractivity contribution is -0.263. The molecular formula is C30H52O. The Labute approximate surface area is 193 Å². The van der Waals surface area contributed by atoms with E-state index in [1.807, 2.05) is 0 Å². The SMILES string of the molecule is CC1(C)CCC[C@@]2(C)C1CC[C@]1(C)C2CC[C@@H]2[C@@]3(C)CC[C@H](O)C(C)(C)[C@@H]3CC[C@]21C. The van der Waals surface area contributed by atoms with Gasteiger partial charge in [-0.05, 0) is 120 Å². The van der Waals surface area contributed by atoms with Crippen molar-refractivity contribution in [3.8, 4) is 0 Å². The maximum atomic E-state index is 10.9. The summed E-state index contributed by atoms with van der Waals surface area (Å²) in [6.45, 7) is 20.9. The Morgan fingerprint density at radius 3 is 1.61 bits per heavy atom. The summed E-state index contributed by atoms with van der Waals surface area (Å²) in [5.74, 6) is 3.34. The highest BCUT2D eigenvalue weighted by molar-refractivity contribution is 5.19. The van der Waals surface area contributed by atoms with Crippen molar-refractivity contribution in [3.05, 3.63) is 0 Å². The molecule has 0 aromatic carbocycles. The van der Waals surface area contributed by atoms with Gasteiger partial charge in [0.1, 0.15) is 0 Å². The zero-order valence-corrected chi connectivity index (χ0v) is 22.1. The highest BCUT2D eigenvalue weighted by atomic mass is 16.3. The molecule has 5 rings (SSSR count). The van der Waals surface area contributed by atoms with Gasteiger partial charge in [-0.3, -0.25) is 0 Å². The Kier molecular flexibility index (Phi) is 4.80. The van der Waals surface area contributed by atoms with Gasteiger partial charge in [0.15, 0.2) is 0 Å². The molecule has 0 saturated heterocycles. The number of aliphatic hydroxyl groups is 1. The van der Waals surface area contributed by atoms with Crippen LogP contribution in [0.5, 0.6) is 0 Å². The maximum absolute atomic E-state index is 10.9. The van der Waals surface area contributed by atoms with Crippen molar-refractivity contribution in [1.29, 1.82) is 0 Å². The van der Waals surface area contributed by atoms with Crippen LogP contribution in [0.1, 0.15) is 126 Å². The van der Waals surface area contributed by atoms with Crippen LogP contribution in [-0.4, -0.2) is 11.2 Å². The van der Waals surface area contributed by atoms with E-state index in [2.05, 4.69) is 55.4 Å². The molecule has 2 unspecified atom stereocenters. The maximum Gasteiger partial charge on any atom is 0.0594 e. The topological polar surface area (TPSA) is 20.2 Å². The fraction of sp³-hybridized carbons (Fsp3) is 1.00. The van der Waals surface area contributed by atoms with Crippen LogP contribution in [0.4, 0.5) is 0 Å². The van der Waals surface area contributed by atoms with Crippen LogP contribution in [0.15, 0.2) is 0 Å². The van der Waals surface area contributed by atoms with Crippen LogP contribution in [0.2, 0.25) is 0 Å². The molecule has 0 radical (unpaired) electrons. The van der Waals surface area contributed by atoms with Crippen LogP contribution in [0.25, 0.3) is 0 Å². The monoisotopic (exact) mass is 428 g/mol. The van der Waals surface area contributed by atoms with Gasteiger partial charge in [0.2, 0.25) is 0 Å². The van der Waals surface area contributed by atoms with Crippen LogP contribution in [0.3, 0.4) is 0 Å². The predicted molar refractivity (Wildman–Crippen MR) is 131 cm³/mol.